The van der Waals surface area contributed by atoms with Crippen LogP contribution in [0.2, 0.25) is 0 Å². The van der Waals surface area contributed by atoms with Crippen LogP contribution in [0.5, 0.6) is 5.75 Å². The lowest BCUT2D eigenvalue weighted by molar-refractivity contribution is -0.0172. The molecule has 0 saturated carbocycles. The highest BCUT2D eigenvalue weighted by Gasteiger charge is 2.17. The molecule has 24 heavy (non-hydrogen) atoms. The first-order valence-electron chi connectivity index (χ1n) is 7.54. The molecule has 2 aromatic carbocycles. The number of rotatable bonds is 4. The summed E-state index contributed by atoms with van der Waals surface area (Å²) in [5.74, 6) is -0.263. The summed E-state index contributed by atoms with van der Waals surface area (Å²) < 4.78 is 38.1. The number of hydrogen-bond acceptors (Lipinski definition) is 4. The molecule has 0 atom stereocenters. The molecule has 1 aliphatic rings. The molecule has 0 bridgehead atoms. The van der Waals surface area contributed by atoms with Gasteiger partial charge in [0.15, 0.2) is 6.79 Å². The van der Waals surface area contributed by atoms with Gasteiger partial charge in [0, 0.05) is 12.1 Å². The van der Waals surface area contributed by atoms with Gasteiger partial charge in [0.1, 0.15) is 29.0 Å². The summed E-state index contributed by atoms with van der Waals surface area (Å²) >= 11 is 0. The SMILES string of the molecule is Cc1cc(F)c(C#N)c(NCCc2cc(F)cc3c2OCOC3)c1. The third kappa shape index (κ3) is 3.31. The molecule has 0 unspecified atom stereocenters. The Morgan fingerprint density at radius 1 is 1.25 bits per heavy atom. The van der Waals surface area contributed by atoms with Gasteiger partial charge < -0.3 is 14.8 Å². The van der Waals surface area contributed by atoms with E-state index in [0.717, 1.165) is 5.56 Å². The number of halogens is 2. The van der Waals surface area contributed by atoms with Crippen LogP contribution in [0.15, 0.2) is 24.3 Å². The van der Waals surface area contributed by atoms with Gasteiger partial charge >= 0.3 is 0 Å². The molecule has 0 saturated heterocycles. The van der Waals surface area contributed by atoms with Gasteiger partial charge in [-0.3, -0.25) is 0 Å². The van der Waals surface area contributed by atoms with Crippen molar-refractivity contribution in [1.29, 1.82) is 5.26 Å². The molecule has 0 aromatic heterocycles. The van der Waals surface area contributed by atoms with Crippen molar-refractivity contribution in [2.24, 2.45) is 0 Å². The summed E-state index contributed by atoms with van der Waals surface area (Å²) in [6.45, 7) is 2.62. The number of fused-ring (bicyclic) bond motifs is 1. The lowest BCUT2D eigenvalue weighted by atomic mass is 10.0. The van der Waals surface area contributed by atoms with Crippen molar-refractivity contribution < 1.29 is 18.3 Å². The van der Waals surface area contributed by atoms with Crippen LogP contribution in [0.25, 0.3) is 0 Å². The molecule has 124 valence electrons. The van der Waals surface area contributed by atoms with Gasteiger partial charge in [-0.2, -0.15) is 5.26 Å². The van der Waals surface area contributed by atoms with Gasteiger partial charge in [0.25, 0.3) is 0 Å². The predicted octanol–water partition coefficient (Wildman–Crippen LogP) is 3.67. The maximum Gasteiger partial charge on any atom is 0.189 e. The van der Waals surface area contributed by atoms with Gasteiger partial charge in [0.2, 0.25) is 0 Å². The van der Waals surface area contributed by atoms with Crippen molar-refractivity contribution >= 4 is 5.69 Å². The quantitative estimate of drug-likeness (QED) is 0.929. The Morgan fingerprint density at radius 2 is 2.08 bits per heavy atom. The third-order valence-corrected chi connectivity index (χ3v) is 3.81. The van der Waals surface area contributed by atoms with E-state index in [0.29, 0.717) is 42.1 Å². The molecule has 4 nitrogen and oxygen atoms in total. The largest absolute Gasteiger partial charge is 0.467 e. The van der Waals surface area contributed by atoms with Crippen molar-refractivity contribution in [2.45, 2.75) is 20.0 Å². The first-order chi connectivity index (χ1) is 11.6. The zero-order valence-corrected chi connectivity index (χ0v) is 13.2. The van der Waals surface area contributed by atoms with E-state index in [1.807, 2.05) is 6.07 Å². The number of nitrogens with one attached hydrogen (secondary N) is 1. The second-order valence-corrected chi connectivity index (χ2v) is 5.62. The fourth-order valence-corrected chi connectivity index (χ4v) is 2.77. The van der Waals surface area contributed by atoms with Crippen molar-refractivity contribution in [3.05, 3.63) is 58.2 Å². The van der Waals surface area contributed by atoms with Crippen molar-refractivity contribution in [3.63, 3.8) is 0 Å². The highest BCUT2D eigenvalue weighted by Crippen LogP contribution is 2.30. The summed E-state index contributed by atoms with van der Waals surface area (Å²) in [4.78, 5) is 0. The lowest BCUT2D eigenvalue weighted by Gasteiger charge is -2.21. The predicted molar refractivity (Wildman–Crippen MR) is 84.7 cm³/mol. The van der Waals surface area contributed by atoms with E-state index in [-0.39, 0.29) is 18.2 Å². The van der Waals surface area contributed by atoms with E-state index in [1.165, 1.54) is 18.2 Å². The van der Waals surface area contributed by atoms with Crippen molar-refractivity contribution in [1.82, 2.24) is 0 Å². The van der Waals surface area contributed by atoms with Crippen LogP contribution in [0.4, 0.5) is 14.5 Å². The van der Waals surface area contributed by atoms with E-state index in [9.17, 15) is 8.78 Å². The number of anilines is 1. The molecule has 1 aliphatic heterocycles. The lowest BCUT2D eigenvalue weighted by Crippen LogP contribution is -2.15. The van der Waals surface area contributed by atoms with Crippen LogP contribution >= 0.6 is 0 Å². The molecule has 1 N–H and O–H groups in total. The molecule has 0 fully saturated rings. The van der Waals surface area contributed by atoms with Crippen molar-refractivity contribution in [2.75, 3.05) is 18.7 Å². The number of benzene rings is 2. The van der Waals surface area contributed by atoms with Crippen LogP contribution in [-0.2, 0) is 17.8 Å². The Morgan fingerprint density at radius 3 is 2.88 bits per heavy atom. The molecule has 3 rings (SSSR count). The smallest absolute Gasteiger partial charge is 0.189 e. The monoisotopic (exact) mass is 330 g/mol. The highest BCUT2D eigenvalue weighted by molar-refractivity contribution is 5.59. The van der Waals surface area contributed by atoms with Crippen LogP contribution in [0, 0.1) is 29.9 Å². The van der Waals surface area contributed by atoms with Crippen LogP contribution < -0.4 is 10.1 Å². The van der Waals surface area contributed by atoms with Crippen LogP contribution in [0.3, 0.4) is 0 Å². The molecule has 1 heterocycles. The average molecular weight is 330 g/mol. The topological polar surface area (TPSA) is 54.3 Å². The van der Waals surface area contributed by atoms with E-state index >= 15 is 0 Å². The zero-order valence-electron chi connectivity index (χ0n) is 13.2. The second kappa shape index (κ2) is 6.85. The minimum Gasteiger partial charge on any atom is -0.467 e. The fraction of sp³-hybridized carbons (Fsp3) is 0.278. The number of nitrogens with zero attached hydrogens (tertiary/aromatic N) is 1. The first-order valence-corrected chi connectivity index (χ1v) is 7.54. The maximum atomic E-state index is 13.8. The van der Waals surface area contributed by atoms with E-state index in [4.69, 9.17) is 14.7 Å². The van der Waals surface area contributed by atoms with Gasteiger partial charge in [0.05, 0.1) is 12.3 Å². The summed E-state index contributed by atoms with van der Waals surface area (Å²) in [5.41, 5.74) is 2.52. The number of ether oxygens (including phenoxy) is 2. The molecule has 0 amide bonds. The summed E-state index contributed by atoms with van der Waals surface area (Å²) in [5, 5.41) is 12.1. The summed E-state index contributed by atoms with van der Waals surface area (Å²) in [7, 11) is 0. The highest BCUT2D eigenvalue weighted by atomic mass is 19.1. The third-order valence-electron chi connectivity index (χ3n) is 3.81. The van der Waals surface area contributed by atoms with E-state index in [1.54, 1.807) is 13.0 Å². The Labute approximate surface area is 138 Å². The minimum atomic E-state index is -0.552. The van der Waals surface area contributed by atoms with Crippen molar-refractivity contribution in [3.8, 4) is 11.8 Å². The van der Waals surface area contributed by atoms with Gasteiger partial charge in [-0.15, -0.1) is 0 Å². The summed E-state index contributed by atoms with van der Waals surface area (Å²) in [6, 6.07) is 7.72. The van der Waals surface area contributed by atoms with Gasteiger partial charge in [-0.25, -0.2) is 8.78 Å². The average Bonchev–Trinajstić information content (AvgIpc) is 2.54. The van der Waals surface area contributed by atoms with Crippen LogP contribution in [-0.4, -0.2) is 13.3 Å². The fourth-order valence-electron chi connectivity index (χ4n) is 2.77. The Hall–Kier alpha value is -2.65. The van der Waals surface area contributed by atoms with E-state index < -0.39 is 5.82 Å². The standard InChI is InChI=1S/C18H16F2N2O2/c1-11-4-16(20)15(8-21)17(5-11)22-3-2-12-6-14(19)7-13-9-23-10-24-18(12)13/h4-7,22H,2-3,9-10H2,1H3. The molecule has 0 spiro atoms. The molecule has 6 heteroatoms. The van der Waals surface area contributed by atoms with Crippen LogP contribution in [0.1, 0.15) is 22.3 Å². The molecule has 0 aliphatic carbocycles. The second-order valence-electron chi connectivity index (χ2n) is 5.62. The molecular weight excluding hydrogens is 314 g/mol. The Kier molecular flexibility index (Phi) is 4.63. The molecule has 2 aromatic rings. The zero-order chi connectivity index (χ0) is 17.1. The van der Waals surface area contributed by atoms with E-state index in [2.05, 4.69) is 5.32 Å². The molecular formula is C18H16F2N2O2. The normalized spacial score (nSPS) is 12.9. The summed E-state index contributed by atoms with van der Waals surface area (Å²) in [6.07, 6.45) is 0.473. The minimum absolute atomic E-state index is 0.0217. The maximum absolute atomic E-state index is 13.8. The number of nitriles is 1. The van der Waals surface area contributed by atoms with Gasteiger partial charge in [-0.05, 0) is 48.7 Å². The first kappa shape index (κ1) is 16.2. The van der Waals surface area contributed by atoms with Gasteiger partial charge in [-0.1, -0.05) is 0 Å². The Balaban J connectivity index is 1.76. The number of aryl methyl sites for hydroxylation is 1. The molecule has 0 radical (unpaired) electrons. The Bertz CT molecular complexity index is 816. The number of hydrogen-bond donors (Lipinski definition) is 1.